The van der Waals surface area contributed by atoms with Crippen molar-refractivity contribution in [3.05, 3.63) is 60.4 Å². The number of halogens is 1. The van der Waals surface area contributed by atoms with Gasteiger partial charge in [0.25, 0.3) is 0 Å². The second-order valence-electron chi connectivity index (χ2n) is 7.19. The minimum atomic E-state index is -0.375. The smallest absolute Gasteiger partial charge is 0.233 e. The van der Waals surface area contributed by atoms with E-state index in [1.165, 1.54) is 17.8 Å². The Labute approximate surface area is 184 Å². The molecule has 0 saturated carbocycles. The van der Waals surface area contributed by atoms with E-state index < -0.39 is 0 Å². The van der Waals surface area contributed by atoms with Crippen molar-refractivity contribution < 1.29 is 14.3 Å². The van der Waals surface area contributed by atoms with Gasteiger partial charge in [0.05, 0.1) is 17.9 Å². The van der Waals surface area contributed by atoms with Crippen LogP contribution >= 0.6 is 11.8 Å². The number of carbonyl (C=O) groups is 1. The van der Waals surface area contributed by atoms with Crippen LogP contribution in [-0.2, 0) is 4.79 Å². The molecule has 7 nitrogen and oxygen atoms in total. The third-order valence-corrected chi connectivity index (χ3v) is 6.14. The maximum absolute atomic E-state index is 14.5. The highest BCUT2D eigenvalue weighted by atomic mass is 32.2. The zero-order chi connectivity index (χ0) is 21.6. The summed E-state index contributed by atoms with van der Waals surface area (Å²) in [5.41, 5.74) is 1.16. The molecule has 0 aliphatic carbocycles. The van der Waals surface area contributed by atoms with E-state index in [-0.39, 0.29) is 24.1 Å². The molecule has 9 heteroatoms. The second kappa shape index (κ2) is 10.0. The fraction of sp³-hybridized carbons (Fsp3) is 0.318. The molecule has 1 aliphatic heterocycles. The van der Waals surface area contributed by atoms with Crippen LogP contribution in [-0.4, -0.2) is 80.7 Å². The maximum atomic E-state index is 14.5. The Bertz CT molecular complexity index is 1020. The summed E-state index contributed by atoms with van der Waals surface area (Å²) < 4.78 is 16.2. The van der Waals surface area contributed by atoms with Crippen LogP contribution in [0.3, 0.4) is 0 Å². The van der Waals surface area contributed by atoms with Gasteiger partial charge < -0.3 is 10.0 Å². The van der Waals surface area contributed by atoms with Crippen molar-refractivity contribution in [3.63, 3.8) is 0 Å². The molecule has 0 radical (unpaired) electrons. The molecule has 162 valence electrons. The van der Waals surface area contributed by atoms with E-state index >= 15 is 0 Å². The van der Waals surface area contributed by atoms with E-state index in [1.807, 2.05) is 35.2 Å². The lowest BCUT2D eigenvalue weighted by Crippen LogP contribution is -2.49. The molecule has 1 fully saturated rings. The molecular weight excluding hydrogens is 417 g/mol. The summed E-state index contributed by atoms with van der Waals surface area (Å²) in [6.45, 7) is 3.57. The van der Waals surface area contributed by atoms with Crippen LogP contribution in [0.1, 0.15) is 0 Å². The SMILES string of the molecule is O=C(CSc1nnc(-c2ccccc2F)n1-c1ccccc1)N1CCN(CCO)CC1. The van der Waals surface area contributed by atoms with Crippen LogP contribution in [0, 0.1) is 5.82 Å². The number of aromatic nitrogens is 3. The lowest BCUT2D eigenvalue weighted by molar-refractivity contribution is -0.130. The van der Waals surface area contributed by atoms with Crippen LogP contribution in [0.4, 0.5) is 4.39 Å². The van der Waals surface area contributed by atoms with E-state index in [0.717, 1.165) is 18.8 Å². The molecule has 0 unspecified atom stereocenters. The predicted octanol–water partition coefficient (Wildman–Crippen LogP) is 2.30. The van der Waals surface area contributed by atoms with Gasteiger partial charge in [-0.25, -0.2) is 4.39 Å². The van der Waals surface area contributed by atoms with Crippen LogP contribution in [0.15, 0.2) is 59.8 Å². The molecule has 4 rings (SSSR count). The van der Waals surface area contributed by atoms with Gasteiger partial charge in [-0.3, -0.25) is 14.3 Å². The van der Waals surface area contributed by atoms with Gasteiger partial charge in [0, 0.05) is 38.4 Å². The molecule has 31 heavy (non-hydrogen) atoms. The monoisotopic (exact) mass is 441 g/mol. The minimum absolute atomic E-state index is 0.0312. The molecule has 0 atom stereocenters. The fourth-order valence-corrected chi connectivity index (χ4v) is 4.42. The van der Waals surface area contributed by atoms with Crippen molar-refractivity contribution in [3.8, 4) is 17.1 Å². The second-order valence-corrected chi connectivity index (χ2v) is 8.13. The highest BCUT2D eigenvalue weighted by Gasteiger charge is 2.23. The lowest BCUT2D eigenvalue weighted by atomic mass is 10.2. The first-order valence-electron chi connectivity index (χ1n) is 10.2. The Morgan fingerprint density at radius 1 is 1.00 bits per heavy atom. The number of hydrogen-bond acceptors (Lipinski definition) is 6. The Balaban J connectivity index is 1.53. The summed E-state index contributed by atoms with van der Waals surface area (Å²) in [6.07, 6.45) is 0. The Kier molecular flexibility index (Phi) is 6.96. The summed E-state index contributed by atoms with van der Waals surface area (Å²) in [4.78, 5) is 16.7. The van der Waals surface area contributed by atoms with Gasteiger partial charge >= 0.3 is 0 Å². The minimum Gasteiger partial charge on any atom is -0.395 e. The Morgan fingerprint density at radius 2 is 1.71 bits per heavy atom. The summed E-state index contributed by atoms with van der Waals surface area (Å²) in [7, 11) is 0. The summed E-state index contributed by atoms with van der Waals surface area (Å²) in [6, 6.07) is 16.0. The number of aliphatic hydroxyl groups excluding tert-OH is 1. The molecule has 1 amide bonds. The molecule has 0 bridgehead atoms. The number of hydrogen-bond donors (Lipinski definition) is 1. The van der Waals surface area contributed by atoms with E-state index in [0.29, 0.717) is 36.2 Å². The molecule has 2 aromatic carbocycles. The molecule has 0 spiro atoms. The third kappa shape index (κ3) is 4.95. The van der Waals surface area contributed by atoms with Gasteiger partial charge in [-0.2, -0.15) is 0 Å². The quantitative estimate of drug-likeness (QED) is 0.567. The molecule has 1 saturated heterocycles. The topological polar surface area (TPSA) is 74.5 Å². The number of benzene rings is 2. The number of piperazine rings is 1. The zero-order valence-electron chi connectivity index (χ0n) is 17.0. The van der Waals surface area contributed by atoms with Crippen molar-refractivity contribution in [2.45, 2.75) is 5.16 Å². The number of amides is 1. The van der Waals surface area contributed by atoms with Crippen molar-refractivity contribution in [2.24, 2.45) is 0 Å². The average molecular weight is 442 g/mol. The van der Waals surface area contributed by atoms with Gasteiger partial charge in [0.1, 0.15) is 5.82 Å². The average Bonchev–Trinajstić information content (AvgIpc) is 3.23. The number of para-hydroxylation sites is 1. The number of β-amino-alcohol motifs (C(OH)–C–C–N with tert-alkyl or cyclic N) is 1. The van der Waals surface area contributed by atoms with E-state index in [4.69, 9.17) is 5.11 Å². The summed E-state index contributed by atoms with van der Waals surface area (Å²) in [5.74, 6) is 0.281. The van der Waals surface area contributed by atoms with E-state index in [1.54, 1.807) is 22.8 Å². The first-order valence-corrected chi connectivity index (χ1v) is 11.2. The van der Waals surface area contributed by atoms with Crippen molar-refractivity contribution in [1.29, 1.82) is 0 Å². The molecule has 1 aromatic heterocycles. The number of nitrogens with zero attached hydrogens (tertiary/aromatic N) is 5. The number of aliphatic hydroxyl groups is 1. The number of carbonyl (C=O) groups excluding carboxylic acids is 1. The first kappa shape index (κ1) is 21.5. The Hall–Kier alpha value is -2.75. The van der Waals surface area contributed by atoms with Gasteiger partial charge in [-0.05, 0) is 24.3 Å². The number of thioether (sulfide) groups is 1. The summed E-state index contributed by atoms with van der Waals surface area (Å²) >= 11 is 1.30. The highest BCUT2D eigenvalue weighted by Crippen LogP contribution is 2.29. The van der Waals surface area contributed by atoms with Crippen LogP contribution in [0.5, 0.6) is 0 Å². The molecule has 3 aromatic rings. The predicted molar refractivity (Wildman–Crippen MR) is 118 cm³/mol. The maximum Gasteiger partial charge on any atom is 0.233 e. The van der Waals surface area contributed by atoms with Crippen LogP contribution in [0.2, 0.25) is 0 Å². The number of rotatable bonds is 7. The Morgan fingerprint density at radius 3 is 2.42 bits per heavy atom. The summed E-state index contributed by atoms with van der Waals surface area (Å²) in [5, 5.41) is 18.1. The van der Waals surface area contributed by atoms with Gasteiger partial charge in [0.2, 0.25) is 5.91 Å². The van der Waals surface area contributed by atoms with Crippen molar-refractivity contribution in [2.75, 3.05) is 45.1 Å². The van der Waals surface area contributed by atoms with Gasteiger partial charge in [-0.1, -0.05) is 42.1 Å². The molecule has 1 aliphatic rings. The third-order valence-electron chi connectivity index (χ3n) is 5.23. The first-order chi connectivity index (χ1) is 15.2. The van der Waals surface area contributed by atoms with Crippen molar-refractivity contribution in [1.82, 2.24) is 24.6 Å². The van der Waals surface area contributed by atoms with Gasteiger partial charge in [0.15, 0.2) is 11.0 Å². The standard InChI is InChI=1S/C22H24FN5O2S/c23-19-9-5-4-8-18(19)21-24-25-22(28(21)17-6-2-1-3-7-17)31-16-20(30)27-12-10-26(11-13-27)14-15-29/h1-9,29H,10-16H2. The van der Waals surface area contributed by atoms with Crippen LogP contribution in [0.25, 0.3) is 17.1 Å². The van der Waals surface area contributed by atoms with Crippen molar-refractivity contribution >= 4 is 17.7 Å². The largest absolute Gasteiger partial charge is 0.395 e. The normalized spacial score (nSPS) is 14.7. The lowest BCUT2D eigenvalue weighted by Gasteiger charge is -2.34. The fourth-order valence-electron chi connectivity index (χ4n) is 3.57. The molecule has 1 N–H and O–H groups in total. The van der Waals surface area contributed by atoms with E-state index in [9.17, 15) is 9.18 Å². The van der Waals surface area contributed by atoms with Crippen LogP contribution < -0.4 is 0 Å². The molecular formula is C22H24FN5O2S. The molecule has 2 heterocycles. The van der Waals surface area contributed by atoms with Gasteiger partial charge in [-0.15, -0.1) is 10.2 Å². The highest BCUT2D eigenvalue weighted by molar-refractivity contribution is 7.99. The zero-order valence-corrected chi connectivity index (χ0v) is 17.8. The van der Waals surface area contributed by atoms with E-state index in [2.05, 4.69) is 15.1 Å².